The third-order valence-electron chi connectivity index (χ3n) is 6.31. The van der Waals surface area contributed by atoms with E-state index in [1.54, 1.807) is 16.9 Å². The zero-order chi connectivity index (χ0) is 26.0. The quantitative estimate of drug-likeness (QED) is 0.232. The van der Waals surface area contributed by atoms with Crippen LogP contribution in [0.3, 0.4) is 0 Å². The molecular weight excluding hydrogens is 476 g/mol. The maximum Gasteiger partial charge on any atom is 0.208 e. The molecule has 0 aliphatic heterocycles. The highest BCUT2D eigenvalue weighted by Gasteiger charge is 2.18. The van der Waals surface area contributed by atoms with E-state index in [1.807, 2.05) is 35.7 Å². The molecule has 0 amide bonds. The van der Waals surface area contributed by atoms with Crippen LogP contribution >= 0.6 is 11.3 Å². The lowest BCUT2D eigenvalue weighted by molar-refractivity contribution is 0.104. The molecule has 3 heterocycles. The first-order valence-corrected chi connectivity index (χ1v) is 13.2. The first-order chi connectivity index (χ1) is 17.8. The Hall–Kier alpha value is -4.03. The van der Waals surface area contributed by atoms with E-state index in [1.165, 1.54) is 28.0 Å². The molecule has 6 heteroatoms. The van der Waals surface area contributed by atoms with Crippen molar-refractivity contribution < 1.29 is 4.79 Å². The maximum absolute atomic E-state index is 12.9. The Labute approximate surface area is 221 Å². The van der Waals surface area contributed by atoms with Gasteiger partial charge in [0.25, 0.3) is 0 Å². The van der Waals surface area contributed by atoms with Crippen molar-refractivity contribution in [3.05, 3.63) is 112 Å². The Bertz CT molecular complexity index is 1570. The van der Waals surface area contributed by atoms with Gasteiger partial charge in [-0.3, -0.25) is 4.79 Å². The van der Waals surface area contributed by atoms with Gasteiger partial charge >= 0.3 is 0 Å². The normalized spacial score (nSPS) is 12.2. The molecule has 186 valence electrons. The van der Waals surface area contributed by atoms with Gasteiger partial charge in [0, 0.05) is 24.0 Å². The average Bonchev–Trinajstić information content (AvgIpc) is 3.58. The molecule has 0 aliphatic carbocycles. The molecule has 0 saturated heterocycles. The monoisotopic (exact) mass is 506 g/mol. The van der Waals surface area contributed by atoms with Crippen LogP contribution in [0.15, 0.2) is 90.1 Å². The summed E-state index contributed by atoms with van der Waals surface area (Å²) in [5, 5.41) is 9.94. The zero-order valence-corrected chi connectivity index (χ0v) is 22.3. The number of fused-ring (bicyclic) bond motifs is 1. The van der Waals surface area contributed by atoms with Crippen molar-refractivity contribution in [1.82, 2.24) is 14.6 Å². The summed E-state index contributed by atoms with van der Waals surface area (Å²) in [6.45, 7) is 9.56. The van der Waals surface area contributed by atoms with Crippen molar-refractivity contribution in [3.8, 4) is 11.3 Å². The zero-order valence-electron chi connectivity index (χ0n) is 21.5. The fraction of sp³-hybridized carbons (Fsp3) is 0.194. The van der Waals surface area contributed by atoms with Crippen LogP contribution < -0.4 is 5.32 Å². The number of nitrogens with zero attached hydrogens (tertiary/aromatic N) is 3. The molecule has 0 saturated carbocycles. The molecule has 2 aromatic carbocycles. The number of carbonyl (C=O) groups is 1. The number of rotatable bonds is 7. The van der Waals surface area contributed by atoms with Gasteiger partial charge in [0.2, 0.25) is 5.78 Å². The summed E-state index contributed by atoms with van der Waals surface area (Å²) in [7, 11) is 0. The lowest BCUT2D eigenvalue weighted by Crippen LogP contribution is -2.10. The van der Waals surface area contributed by atoms with E-state index in [0.717, 1.165) is 23.5 Å². The van der Waals surface area contributed by atoms with E-state index in [0.29, 0.717) is 16.1 Å². The second-order valence-corrected chi connectivity index (χ2v) is 11.2. The Morgan fingerprint density at radius 3 is 2.59 bits per heavy atom. The van der Waals surface area contributed by atoms with E-state index in [9.17, 15) is 4.79 Å². The maximum atomic E-state index is 12.9. The number of aromatic nitrogens is 3. The predicted octanol–water partition coefficient (Wildman–Crippen LogP) is 7.50. The summed E-state index contributed by atoms with van der Waals surface area (Å²) < 4.78 is 1.74. The van der Waals surface area contributed by atoms with Crippen LogP contribution in [0, 0.1) is 0 Å². The largest absolute Gasteiger partial charge is 0.381 e. The third kappa shape index (κ3) is 5.39. The van der Waals surface area contributed by atoms with Gasteiger partial charge in [0.1, 0.15) is 0 Å². The van der Waals surface area contributed by atoms with E-state index in [2.05, 4.69) is 85.6 Å². The molecule has 0 aliphatic rings. The highest BCUT2D eigenvalue weighted by atomic mass is 32.1. The van der Waals surface area contributed by atoms with Crippen molar-refractivity contribution in [2.75, 3.05) is 11.9 Å². The van der Waals surface area contributed by atoms with E-state index in [-0.39, 0.29) is 11.2 Å². The summed E-state index contributed by atoms with van der Waals surface area (Å²) in [6.07, 6.45) is 5.55. The van der Waals surface area contributed by atoms with Crippen molar-refractivity contribution in [3.63, 3.8) is 0 Å². The van der Waals surface area contributed by atoms with Crippen LogP contribution in [0.1, 0.15) is 54.1 Å². The molecule has 0 atom stereocenters. The molecule has 5 nitrogen and oxygen atoms in total. The molecule has 1 N–H and O–H groups in total. The molecule has 0 bridgehead atoms. The van der Waals surface area contributed by atoms with E-state index in [4.69, 9.17) is 0 Å². The molecule has 0 unspecified atom stereocenters. The van der Waals surface area contributed by atoms with Gasteiger partial charge in [-0.2, -0.15) is 5.10 Å². The van der Waals surface area contributed by atoms with Crippen molar-refractivity contribution >= 4 is 34.5 Å². The van der Waals surface area contributed by atoms with Gasteiger partial charge in [-0.25, -0.2) is 9.50 Å². The third-order valence-corrected chi connectivity index (χ3v) is 7.18. The highest BCUT2D eigenvalue weighted by Crippen LogP contribution is 2.26. The van der Waals surface area contributed by atoms with Gasteiger partial charge in [0.05, 0.1) is 22.3 Å². The molecule has 5 aromatic rings. The smallest absolute Gasteiger partial charge is 0.208 e. The standard InChI is InChI=1S/C31H30N4OS/c1-21(17-22-10-12-24(13-11-22)31(2,3)4)19-33-25-8-5-7-23(18-25)27-14-15-32-30-26(20-34-35(27)30)29(36)28-9-6-16-37-28/h5-18,20,33H,19H2,1-4H3. The molecule has 3 aromatic heterocycles. The SMILES string of the molecule is CC(=Cc1ccc(C(C)(C)C)cc1)CNc1cccc(-c2ccnc3c(C(=O)c4cccs4)cnn23)c1. The summed E-state index contributed by atoms with van der Waals surface area (Å²) in [5.74, 6) is -0.0552. The topological polar surface area (TPSA) is 59.3 Å². The second-order valence-electron chi connectivity index (χ2n) is 10.2. The van der Waals surface area contributed by atoms with Crippen LogP contribution in [-0.2, 0) is 5.41 Å². The van der Waals surface area contributed by atoms with Gasteiger partial charge in [-0.15, -0.1) is 11.3 Å². The Kier molecular flexibility index (Phi) is 6.76. The Morgan fingerprint density at radius 1 is 1.05 bits per heavy atom. The second kappa shape index (κ2) is 10.1. The average molecular weight is 507 g/mol. The Balaban J connectivity index is 1.34. The van der Waals surface area contributed by atoms with Crippen molar-refractivity contribution in [2.45, 2.75) is 33.1 Å². The van der Waals surface area contributed by atoms with Crippen LogP contribution in [0.25, 0.3) is 23.0 Å². The lowest BCUT2D eigenvalue weighted by atomic mass is 9.86. The van der Waals surface area contributed by atoms with Crippen LogP contribution in [0.4, 0.5) is 5.69 Å². The van der Waals surface area contributed by atoms with E-state index < -0.39 is 0 Å². The predicted molar refractivity (Wildman–Crippen MR) is 153 cm³/mol. The number of thiophene rings is 1. The fourth-order valence-corrected chi connectivity index (χ4v) is 4.93. The molecular formula is C31H30N4OS. The van der Waals surface area contributed by atoms with Crippen molar-refractivity contribution in [2.24, 2.45) is 0 Å². The minimum atomic E-state index is -0.0552. The molecule has 37 heavy (non-hydrogen) atoms. The Morgan fingerprint density at radius 2 is 1.86 bits per heavy atom. The molecule has 0 radical (unpaired) electrons. The minimum Gasteiger partial charge on any atom is -0.381 e. The van der Waals surface area contributed by atoms with E-state index >= 15 is 0 Å². The molecule has 0 fully saturated rings. The number of carbonyl (C=O) groups excluding carboxylic acids is 1. The first kappa shape index (κ1) is 24.7. The van der Waals surface area contributed by atoms with Crippen LogP contribution in [-0.4, -0.2) is 26.9 Å². The number of nitrogens with one attached hydrogen (secondary N) is 1. The summed E-state index contributed by atoms with van der Waals surface area (Å²) in [4.78, 5) is 18.1. The summed E-state index contributed by atoms with van der Waals surface area (Å²) >= 11 is 1.42. The molecule has 5 rings (SSSR count). The van der Waals surface area contributed by atoms with Crippen molar-refractivity contribution in [1.29, 1.82) is 0 Å². The van der Waals surface area contributed by atoms with Gasteiger partial charge in [-0.05, 0) is 53.1 Å². The van der Waals surface area contributed by atoms with Crippen LogP contribution in [0.5, 0.6) is 0 Å². The number of hydrogen-bond acceptors (Lipinski definition) is 5. The fourth-order valence-electron chi connectivity index (χ4n) is 4.26. The van der Waals surface area contributed by atoms with Gasteiger partial charge in [-0.1, -0.05) is 74.9 Å². The highest BCUT2D eigenvalue weighted by molar-refractivity contribution is 7.12. The number of benzene rings is 2. The molecule has 0 spiro atoms. The number of hydrogen-bond donors (Lipinski definition) is 1. The van der Waals surface area contributed by atoms with Gasteiger partial charge < -0.3 is 5.32 Å². The lowest BCUT2D eigenvalue weighted by Gasteiger charge is -2.18. The van der Waals surface area contributed by atoms with Crippen LogP contribution in [0.2, 0.25) is 0 Å². The minimum absolute atomic E-state index is 0.0552. The summed E-state index contributed by atoms with van der Waals surface area (Å²) in [6, 6.07) is 22.6. The van der Waals surface area contributed by atoms with Gasteiger partial charge in [0.15, 0.2) is 5.65 Å². The summed E-state index contributed by atoms with van der Waals surface area (Å²) in [5.41, 5.74) is 7.89. The number of ketones is 1. The number of anilines is 1. The first-order valence-electron chi connectivity index (χ1n) is 12.3.